The van der Waals surface area contributed by atoms with Gasteiger partial charge in [-0.25, -0.2) is 4.98 Å². The Morgan fingerprint density at radius 1 is 1.03 bits per heavy atom. The van der Waals surface area contributed by atoms with E-state index in [1.165, 1.54) is 5.56 Å². The van der Waals surface area contributed by atoms with Crippen LogP contribution in [0.1, 0.15) is 18.4 Å². The minimum atomic E-state index is -0.198. The summed E-state index contributed by atoms with van der Waals surface area (Å²) in [4.78, 5) is 24.5. The monoisotopic (exact) mass is 469 g/mol. The van der Waals surface area contributed by atoms with E-state index in [9.17, 15) is 4.79 Å². The maximum absolute atomic E-state index is 11.6. The molecule has 1 aliphatic heterocycles. The second-order valence-electron chi connectivity index (χ2n) is 8.49. The Morgan fingerprint density at radius 3 is 2.65 bits per heavy atom. The predicted octanol–water partition coefficient (Wildman–Crippen LogP) is 4.80. The van der Waals surface area contributed by atoms with Crippen LogP contribution in [0.3, 0.4) is 0 Å². The van der Waals surface area contributed by atoms with Crippen LogP contribution in [0.15, 0.2) is 83.9 Å². The van der Waals surface area contributed by atoms with E-state index >= 15 is 0 Å². The van der Waals surface area contributed by atoms with Crippen molar-refractivity contribution in [3.8, 4) is 11.3 Å². The fraction of sp³-hybridized carbons (Fsp3) is 0.222. The third-order valence-corrected chi connectivity index (χ3v) is 7.02. The summed E-state index contributed by atoms with van der Waals surface area (Å²) in [5.74, 6) is -0.237. The van der Waals surface area contributed by atoms with E-state index < -0.39 is 0 Å². The van der Waals surface area contributed by atoms with E-state index in [-0.39, 0.29) is 11.8 Å². The van der Waals surface area contributed by atoms with Gasteiger partial charge in [0, 0.05) is 42.2 Å². The lowest BCUT2D eigenvalue weighted by atomic mass is 9.96. The first-order chi connectivity index (χ1) is 16.7. The van der Waals surface area contributed by atoms with Crippen LogP contribution in [-0.4, -0.2) is 29.0 Å². The number of pyridine rings is 2. The van der Waals surface area contributed by atoms with Gasteiger partial charge in [-0.3, -0.25) is 14.5 Å². The smallest absolute Gasteiger partial charge is 0.220 e. The van der Waals surface area contributed by atoms with Crippen molar-refractivity contribution in [2.45, 2.75) is 24.3 Å². The molecule has 3 heterocycles. The highest BCUT2D eigenvalue weighted by atomic mass is 32.2. The highest BCUT2D eigenvalue weighted by Gasteiger charge is 2.24. The number of carbonyl (C=O) groups excluding carboxylic acids is 1. The molecule has 1 aliphatic rings. The van der Waals surface area contributed by atoms with Crippen LogP contribution in [-0.2, 0) is 11.3 Å². The highest BCUT2D eigenvalue weighted by molar-refractivity contribution is 7.97. The van der Waals surface area contributed by atoms with Crippen LogP contribution in [0.25, 0.3) is 22.3 Å². The molecule has 3 N–H and O–H groups in total. The number of benzene rings is 2. The topological polar surface area (TPSA) is 84.1 Å². The van der Waals surface area contributed by atoms with Crippen molar-refractivity contribution >= 4 is 34.6 Å². The Balaban J connectivity index is 1.35. The van der Waals surface area contributed by atoms with Crippen molar-refractivity contribution in [3.05, 3.63) is 84.6 Å². The van der Waals surface area contributed by atoms with Crippen LogP contribution < -0.4 is 15.4 Å². The number of nitrogens with one attached hydrogen (secondary N) is 1. The van der Waals surface area contributed by atoms with Crippen molar-refractivity contribution in [2.75, 3.05) is 18.0 Å². The molecule has 0 aliphatic carbocycles. The second-order valence-corrected chi connectivity index (χ2v) is 9.46. The van der Waals surface area contributed by atoms with E-state index in [0.29, 0.717) is 0 Å². The fourth-order valence-electron chi connectivity index (χ4n) is 4.35. The molecule has 34 heavy (non-hydrogen) atoms. The lowest BCUT2D eigenvalue weighted by molar-refractivity contribution is -0.122. The van der Waals surface area contributed by atoms with Gasteiger partial charge in [0.25, 0.3) is 0 Å². The number of amides is 1. The molecule has 172 valence electrons. The van der Waals surface area contributed by atoms with Crippen molar-refractivity contribution in [1.29, 1.82) is 0 Å². The van der Waals surface area contributed by atoms with Gasteiger partial charge in [0.05, 0.1) is 16.9 Å². The summed E-state index contributed by atoms with van der Waals surface area (Å²) in [6.07, 6.45) is 3.37. The van der Waals surface area contributed by atoms with Crippen LogP contribution >= 0.6 is 11.9 Å². The minimum absolute atomic E-state index is 0.0383. The number of primary amides is 1. The van der Waals surface area contributed by atoms with Gasteiger partial charge >= 0.3 is 0 Å². The molecular formula is C27H27N5OS. The van der Waals surface area contributed by atoms with Gasteiger partial charge < -0.3 is 10.6 Å². The van der Waals surface area contributed by atoms with Gasteiger partial charge in [0.2, 0.25) is 5.91 Å². The standard InChI is InChI=1S/C27H27N5OS/c28-27(33)20-12-15-32(16-13-20)25-11-14-29-24-10-9-23(31-26(24)25)21-7-4-8-22(17-21)34-30-18-19-5-2-1-3-6-19/h1-11,14,17,20,30H,12-13,15-16,18H2,(H2,28,33). The third-order valence-electron chi connectivity index (χ3n) is 6.24. The van der Waals surface area contributed by atoms with Gasteiger partial charge in [-0.1, -0.05) is 42.5 Å². The first-order valence-electron chi connectivity index (χ1n) is 11.5. The maximum atomic E-state index is 11.6. The van der Waals surface area contributed by atoms with Gasteiger partial charge in [-0.05, 0) is 60.7 Å². The van der Waals surface area contributed by atoms with Gasteiger partial charge in [-0.15, -0.1) is 0 Å². The number of fused-ring (bicyclic) bond motifs is 1. The molecule has 0 spiro atoms. The summed E-state index contributed by atoms with van der Waals surface area (Å²) in [6.45, 7) is 2.38. The lowest BCUT2D eigenvalue weighted by Crippen LogP contribution is -2.38. The molecule has 0 unspecified atom stereocenters. The molecule has 0 radical (unpaired) electrons. The number of anilines is 1. The quantitative estimate of drug-likeness (QED) is 0.379. The molecule has 5 rings (SSSR count). The molecule has 4 aromatic rings. The molecule has 1 amide bonds. The molecular weight excluding hydrogens is 442 g/mol. The zero-order valence-corrected chi connectivity index (χ0v) is 19.7. The van der Waals surface area contributed by atoms with E-state index in [2.05, 4.69) is 63.1 Å². The Kier molecular flexibility index (Phi) is 6.74. The predicted molar refractivity (Wildman–Crippen MR) is 138 cm³/mol. The van der Waals surface area contributed by atoms with Crippen molar-refractivity contribution in [3.63, 3.8) is 0 Å². The lowest BCUT2D eigenvalue weighted by Gasteiger charge is -2.32. The van der Waals surface area contributed by atoms with Crippen molar-refractivity contribution in [1.82, 2.24) is 14.7 Å². The van der Waals surface area contributed by atoms with Crippen LogP contribution in [0.2, 0.25) is 0 Å². The molecule has 6 nitrogen and oxygen atoms in total. The van der Waals surface area contributed by atoms with Crippen molar-refractivity contribution < 1.29 is 4.79 Å². The first-order valence-corrected chi connectivity index (χ1v) is 12.3. The molecule has 2 aromatic carbocycles. The molecule has 0 bridgehead atoms. The maximum Gasteiger partial charge on any atom is 0.220 e. The van der Waals surface area contributed by atoms with Crippen LogP contribution in [0.5, 0.6) is 0 Å². The molecule has 0 atom stereocenters. The molecule has 0 saturated carbocycles. The first kappa shape index (κ1) is 22.4. The minimum Gasteiger partial charge on any atom is -0.370 e. The number of aromatic nitrogens is 2. The highest BCUT2D eigenvalue weighted by Crippen LogP contribution is 2.31. The summed E-state index contributed by atoms with van der Waals surface area (Å²) < 4.78 is 3.44. The largest absolute Gasteiger partial charge is 0.370 e. The summed E-state index contributed by atoms with van der Waals surface area (Å²) in [7, 11) is 0. The van der Waals surface area contributed by atoms with Crippen molar-refractivity contribution in [2.24, 2.45) is 11.7 Å². The third kappa shape index (κ3) is 5.05. The molecule has 1 saturated heterocycles. The zero-order valence-electron chi connectivity index (χ0n) is 18.9. The molecule has 2 aromatic heterocycles. The molecule has 1 fully saturated rings. The van der Waals surface area contributed by atoms with Gasteiger partial charge in [-0.2, -0.15) is 0 Å². The Labute approximate surface area is 203 Å². The van der Waals surface area contributed by atoms with Crippen LogP contribution in [0.4, 0.5) is 5.69 Å². The second kappa shape index (κ2) is 10.2. The molecule has 7 heteroatoms. The van der Waals surface area contributed by atoms with Crippen LogP contribution in [0, 0.1) is 5.92 Å². The van der Waals surface area contributed by atoms with E-state index in [4.69, 9.17) is 10.7 Å². The number of piperidine rings is 1. The zero-order chi connectivity index (χ0) is 23.3. The summed E-state index contributed by atoms with van der Waals surface area (Å²) >= 11 is 1.62. The van der Waals surface area contributed by atoms with E-state index in [1.807, 2.05) is 30.5 Å². The summed E-state index contributed by atoms with van der Waals surface area (Å²) in [5.41, 5.74) is 11.6. The normalized spacial score (nSPS) is 14.4. The fourth-order valence-corrected chi connectivity index (χ4v) is 5.09. The van der Waals surface area contributed by atoms with Gasteiger partial charge in [0.15, 0.2) is 0 Å². The number of hydrogen-bond donors (Lipinski definition) is 2. The van der Waals surface area contributed by atoms with E-state index in [1.54, 1.807) is 11.9 Å². The summed E-state index contributed by atoms with van der Waals surface area (Å²) in [5, 5.41) is 0. The average Bonchev–Trinajstić information content (AvgIpc) is 2.89. The number of rotatable bonds is 7. The number of hydrogen-bond acceptors (Lipinski definition) is 6. The number of carbonyl (C=O) groups is 1. The Morgan fingerprint density at radius 2 is 1.85 bits per heavy atom. The summed E-state index contributed by atoms with van der Waals surface area (Å²) in [6, 6.07) is 24.8. The van der Waals surface area contributed by atoms with Gasteiger partial charge in [0.1, 0.15) is 5.52 Å². The Hall–Kier alpha value is -3.42. The average molecular weight is 470 g/mol. The van der Waals surface area contributed by atoms with E-state index in [0.717, 1.165) is 65.3 Å². The Bertz CT molecular complexity index is 1290. The SMILES string of the molecule is NC(=O)C1CCN(c2ccnc3ccc(-c4cccc(SNCc5ccccc5)c4)nc23)CC1. The number of nitrogens with two attached hydrogens (primary N) is 1. The number of nitrogens with zero attached hydrogens (tertiary/aromatic N) is 3.